The third-order valence-corrected chi connectivity index (χ3v) is 7.78. The molecule has 0 saturated carbocycles. The second-order valence-corrected chi connectivity index (χ2v) is 10.6. The molecule has 170 valence electrons. The molecule has 2 aliphatic rings. The largest absolute Gasteiger partial charge is 0.493 e. The van der Waals surface area contributed by atoms with Crippen LogP contribution in [0.25, 0.3) is 0 Å². The molecule has 32 heavy (non-hydrogen) atoms. The molecule has 0 unspecified atom stereocenters. The molecule has 3 atom stereocenters. The number of methoxy groups -OCH3 is 2. The number of carbonyl (C=O) groups excluding carboxylic acids is 2. The summed E-state index contributed by atoms with van der Waals surface area (Å²) in [6, 6.07) is 13.4. The number of nitrogens with one attached hydrogen (secondary N) is 1. The molecule has 6 nitrogen and oxygen atoms in total. The average molecular weight is 455 g/mol. The Morgan fingerprint density at radius 3 is 2.53 bits per heavy atom. The van der Waals surface area contributed by atoms with Gasteiger partial charge in [-0.15, -0.1) is 11.8 Å². The van der Waals surface area contributed by atoms with Gasteiger partial charge in [-0.2, -0.15) is 0 Å². The summed E-state index contributed by atoms with van der Waals surface area (Å²) in [5.41, 5.74) is 2.62. The summed E-state index contributed by atoms with van der Waals surface area (Å²) < 4.78 is 10.5. The van der Waals surface area contributed by atoms with Crippen LogP contribution in [0.4, 0.5) is 0 Å². The van der Waals surface area contributed by atoms with Crippen LogP contribution in [0, 0.1) is 0 Å². The van der Waals surface area contributed by atoms with E-state index in [9.17, 15) is 9.59 Å². The number of ether oxygens (including phenoxy) is 2. The average Bonchev–Trinajstić information content (AvgIpc) is 3.21. The first kappa shape index (κ1) is 22.5. The van der Waals surface area contributed by atoms with Crippen LogP contribution in [-0.4, -0.2) is 47.8 Å². The van der Waals surface area contributed by atoms with E-state index in [1.54, 1.807) is 23.8 Å². The fraction of sp³-hybridized carbons (Fsp3) is 0.440. The maximum atomic E-state index is 13.5. The third-order valence-electron chi connectivity index (χ3n) is 6.24. The van der Waals surface area contributed by atoms with Gasteiger partial charge in [0.15, 0.2) is 11.5 Å². The third kappa shape index (κ3) is 3.83. The normalized spacial score (nSPS) is 21.7. The monoisotopic (exact) mass is 454 g/mol. The van der Waals surface area contributed by atoms with Gasteiger partial charge in [0.25, 0.3) is 5.91 Å². The number of benzene rings is 2. The molecule has 2 aromatic carbocycles. The highest BCUT2D eigenvalue weighted by atomic mass is 32.2. The Morgan fingerprint density at radius 1 is 1.16 bits per heavy atom. The Labute approximate surface area is 193 Å². The van der Waals surface area contributed by atoms with Crippen molar-refractivity contribution in [2.75, 3.05) is 14.2 Å². The van der Waals surface area contributed by atoms with Crippen LogP contribution >= 0.6 is 11.8 Å². The fourth-order valence-corrected chi connectivity index (χ4v) is 6.26. The first-order valence-corrected chi connectivity index (χ1v) is 11.8. The van der Waals surface area contributed by atoms with Crippen molar-refractivity contribution < 1.29 is 19.1 Å². The topological polar surface area (TPSA) is 67.9 Å². The zero-order valence-corrected chi connectivity index (χ0v) is 20.0. The van der Waals surface area contributed by atoms with E-state index in [2.05, 4.69) is 17.4 Å². The van der Waals surface area contributed by atoms with E-state index in [4.69, 9.17) is 9.47 Å². The van der Waals surface area contributed by atoms with Crippen LogP contribution in [0.1, 0.15) is 54.1 Å². The van der Waals surface area contributed by atoms with Gasteiger partial charge in [0, 0.05) is 16.4 Å². The number of amides is 2. The lowest BCUT2D eigenvalue weighted by molar-refractivity contribution is -0.126. The predicted octanol–water partition coefficient (Wildman–Crippen LogP) is 4.19. The quantitative estimate of drug-likeness (QED) is 0.680. The van der Waals surface area contributed by atoms with Crippen LogP contribution in [0.2, 0.25) is 0 Å². The van der Waals surface area contributed by atoms with Gasteiger partial charge in [-0.3, -0.25) is 9.59 Å². The van der Waals surface area contributed by atoms with Crippen molar-refractivity contribution >= 4 is 23.6 Å². The molecule has 2 amide bonds. The first-order valence-electron chi connectivity index (χ1n) is 10.9. The summed E-state index contributed by atoms with van der Waals surface area (Å²) >= 11 is 1.64. The Hall–Kier alpha value is -2.67. The van der Waals surface area contributed by atoms with Crippen molar-refractivity contribution in [1.82, 2.24) is 10.2 Å². The molecule has 2 heterocycles. The molecule has 1 N–H and O–H groups in total. The van der Waals surface area contributed by atoms with E-state index in [-0.39, 0.29) is 23.2 Å². The van der Waals surface area contributed by atoms with Gasteiger partial charge >= 0.3 is 0 Å². The molecule has 2 aromatic rings. The highest BCUT2D eigenvalue weighted by Gasteiger charge is 2.58. The minimum Gasteiger partial charge on any atom is -0.493 e. The van der Waals surface area contributed by atoms with Crippen LogP contribution in [-0.2, 0) is 11.2 Å². The fourth-order valence-electron chi connectivity index (χ4n) is 4.68. The molecule has 0 radical (unpaired) electrons. The highest BCUT2D eigenvalue weighted by molar-refractivity contribution is 8.01. The SMILES string of the molecule is COc1ccc2c(c1OC)C(=O)N1[C@@H]2SC(C)(C)[C@H]1C(=O)N[C@@H](C)CCc1ccccc1. The molecule has 0 bridgehead atoms. The van der Waals surface area contributed by atoms with Crippen molar-refractivity contribution in [3.05, 3.63) is 59.2 Å². The first-order chi connectivity index (χ1) is 15.3. The maximum absolute atomic E-state index is 13.5. The lowest BCUT2D eigenvalue weighted by atomic mass is 9.99. The number of hydrogen-bond donors (Lipinski definition) is 1. The maximum Gasteiger partial charge on any atom is 0.260 e. The van der Waals surface area contributed by atoms with Gasteiger partial charge in [-0.05, 0) is 45.2 Å². The van der Waals surface area contributed by atoms with Crippen LogP contribution in [0.3, 0.4) is 0 Å². The van der Waals surface area contributed by atoms with E-state index in [0.29, 0.717) is 17.1 Å². The van der Waals surface area contributed by atoms with E-state index >= 15 is 0 Å². The molecule has 1 saturated heterocycles. The predicted molar refractivity (Wildman–Crippen MR) is 126 cm³/mol. The molecular formula is C25H30N2O4S. The lowest BCUT2D eigenvalue weighted by Crippen LogP contribution is -2.54. The summed E-state index contributed by atoms with van der Waals surface area (Å²) in [5, 5.41) is 2.94. The standard InChI is InChI=1S/C25H30N2O4S/c1-15(11-12-16-9-7-6-8-10-16)26-22(28)21-25(2,3)32-24-17-13-14-18(30-4)20(31-5)19(17)23(29)27(21)24/h6-10,13-15,21,24H,11-12H2,1-5H3,(H,26,28)/t15-,21+,24+/m0/s1. The van der Waals surface area contributed by atoms with E-state index < -0.39 is 10.8 Å². The summed E-state index contributed by atoms with van der Waals surface area (Å²) in [6.45, 7) is 6.08. The van der Waals surface area contributed by atoms with Crippen molar-refractivity contribution in [1.29, 1.82) is 0 Å². The molecule has 0 spiro atoms. The molecule has 0 aromatic heterocycles. The number of fused-ring (bicyclic) bond motifs is 3. The molecular weight excluding hydrogens is 424 g/mol. The van der Waals surface area contributed by atoms with Crippen molar-refractivity contribution in [3.8, 4) is 11.5 Å². The number of aryl methyl sites for hydroxylation is 1. The van der Waals surface area contributed by atoms with Crippen molar-refractivity contribution in [3.63, 3.8) is 0 Å². The van der Waals surface area contributed by atoms with Gasteiger partial charge in [0.1, 0.15) is 11.4 Å². The van der Waals surface area contributed by atoms with E-state index in [0.717, 1.165) is 18.4 Å². The van der Waals surface area contributed by atoms with Crippen LogP contribution < -0.4 is 14.8 Å². The van der Waals surface area contributed by atoms with Gasteiger partial charge in [-0.1, -0.05) is 36.4 Å². The Morgan fingerprint density at radius 2 is 1.88 bits per heavy atom. The Balaban J connectivity index is 1.54. The summed E-state index contributed by atoms with van der Waals surface area (Å²) in [7, 11) is 3.08. The van der Waals surface area contributed by atoms with Gasteiger partial charge in [0.2, 0.25) is 5.91 Å². The number of thioether (sulfide) groups is 1. The van der Waals surface area contributed by atoms with Crippen LogP contribution in [0.15, 0.2) is 42.5 Å². The van der Waals surface area contributed by atoms with E-state index in [1.165, 1.54) is 12.7 Å². The molecule has 7 heteroatoms. The summed E-state index contributed by atoms with van der Waals surface area (Å²) in [5.74, 6) is 0.646. The molecule has 4 rings (SSSR count). The number of hydrogen-bond acceptors (Lipinski definition) is 5. The summed E-state index contributed by atoms with van der Waals surface area (Å²) in [4.78, 5) is 28.7. The Bertz CT molecular complexity index is 1020. The van der Waals surface area contributed by atoms with E-state index in [1.807, 2.05) is 51.1 Å². The Kier molecular flexibility index (Phi) is 6.12. The zero-order valence-electron chi connectivity index (χ0n) is 19.2. The van der Waals surface area contributed by atoms with Crippen molar-refractivity contribution in [2.45, 2.75) is 55.8 Å². The van der Waals surface area contributed by atoms with Crippen molar-refractivity contribution in [2.24, 2.45) is 0 Å². The lowest BCUT2D eigenvalue weighted by Gasteiger charge is -2.30. The van der Waals surface area contributed by atoms with Gasteiger partial charge in [-0.25, -0.2) is 0 Å². The number of carbonyl (C=O) groups is 2. The minimum absolute atomic E-state index is 0.00253. The molecule has 0 aliphatic carbocycles. The summed E-state index contributed by atoms with van der Waals surface area (Å²) in [6.07, 6.45) is 1.72. The smallest absolute Gasteiger partial charge is 0.260 e. The zero-order chi connectivity index (χ0) is 23.0. The van der Waals surface area contributed by atoms with Crippen LogP contribution in [0.5, 0.6) is 11.5 Å². The van der Waals surface area contributed by atoms with Gasteiger partial charge < -0.3 is 19.7 Å². The second kappa shape index (κ2) is 8.70. The van der Waals surface area contributed by atoms with Gasteiger partial charge in [0.05, 0.1) is 19.8 Å². The number of rotatable bonds is 7. The molecule has 2 aliphatic heterocycles. The minimum atomic E-state index is -0.577. The highest BCUT2D eigenvalue weighted by Crippen LogP contribution is 2.58. The number of nitrogens with zero attached hydrogens (tertiary/aromatic N) is 1. The molecule has 1 fully saturated rings. The second-order valence-electron chi connectivity index (χ2n) is 8.89.